The molecular formula is C28H28F3N3O5. The Kier molecular flexibility index (Phi) is 9.91. The summed E-state index contributed by atoms with van der Waals surface area (Å²) in [6, 6.07) is 18.3. The van der Waals surface area contributed by atoms with E-state index in [2.05, 4.69) is 22.3 Å². The van der Waals surface area contributed by atoms with E-state index in [9.17, 15) is 27.6 Å². The fraction of sp³-hybridized carbons (Fsp3) is 0.250. The number of aliphatic carboxylic acids is 1. The Bertz CT molecular complexity index is 1260. The molecule has 11 heteroatoms. The molecule has 0 aliphatic rings. The Hall–Kier alpha value is -4.54. The quantitative estimate of drug-likeness (QED) is 0.276. The summed E-state index contributed by atoms with van der Waals surface area (Å²) in [7, 11) is 0. The Labute approximate surface area is 223 Å². The number of carbonyl (C=O) groups is 3. The van der Waals surface area contributed by atoms with Crippen LogP contribution in [0, 0.1) is 0 Å². The summed E-state index contributed by atoms with van der Waals surface area (Å²) in [6.45, 7) is 2.20. The Morgan fingerprint density at radius 1 is 0.897 bits per heavy atom. The number of alkyl halides is 3. The zero-order chi connectivity index (χ0) is 28.4. The van der Waals surface area contributed by atoms with Crippen molar-refractivity contribution < 1.29 is 37.4 Å². The van der Waals surface area contributed by atoms with Crippen LogP contribution in [0.15, 0.2) is 72.8 Å². The summed E-state index contributed by atoms with van der Waals surface area (Å²) in [5.74, 6) is -1.84. The third-order valence-electron chi connectivity index (χ3n) is 5.55. The summed E-state index contributed by atoms with van der Waals surface area (Å²) in [4.78, 5) is 37.6. The minimum Gasteiger partial charge on any atom is -0.481 e. The number of rotatable bonds is 11. The van der Waals surface area contributed by atoms with Crippen LogP contribution < -0.4 is 20.3 Å². The van der Waals surface area contributed by atoms with Crippen LogP contribution in [-0.2, 0) is 17.8 Å². The van der Waals surface area contributed by atoms with Crippen LogP contribution in [0.25, 0.3) is 0 Å². The van der Waals surface area contributed by atoms with Gasteiger partial charge in [-0.15, -0.1) is 13.2 Å². The van der Waals surface area contributed by atoms with Gasteiger partial charge in [0.15, 0.2) is 0 Å². The predicted molar refractivity (Wildman–Crippen MR) is 140 cm³/mol. The topological polar surface area (TPSA) is 108 Å². The fourth-order valence-electron chi connectivity index (χ4n) is 3.67. The minimum atomic E-state index is -4.82. The number of nitrogens with one attached hydrogen (secondary N) is 2. The fourth-order valence-corrected chi connectivity index (χ4v) is 3.67. The maximum absolute atomic E-state index is 13.3. The average molecular weight is 544 g/mol. The lowest BCUT2D eigenvalue weighted by Gasteiger charge is -2.24. The first kappa shape index (κ1) is 29.0. The van der Waals surface area contributed by atoms with Crippen molar-refractivity contribution in [3.05, 3.63) is 89.5 Å². The molecule has 0 saturated carbocycles. The first-order valence-corrected chi connectivity index (χ1v) is 12.2. The van der Waals surface area contributed by atoms with Crippen LogP contribution in [0.3, 0.4) is 0 Å². The van der Waals surface area contributed by atoms with Crippen LogP contribution in [0.1, 0.15) is 41.3 Å². The van der Waals surface area contributed by atoms with E-state index in [1.54, 1.807) is 24.3 Å². The van der Waals surface area contributed by atoms with Crippen molar-refractivity contribution in [2.45, 2.75) is 39.1 Å². The highest BCUT2D eigenvalue weighted by atomic mass is 19.4. The Balaban J connectivity index is 1.76. The van der Waals surface area contributed by atoms with E-state index < -0.39 is 30.0 Å². The van der Waals surface area contributed by atoms with E-state index in [4.69, 9.17) is 5.11 Å². The number of anilines is 2. The third kappa shape index (κ3) is 9.37. The molecule has 0 spiro atoms. The van der Waals surface area contributed by atoms with Gasteiger partial charge in [0.1, 0.15) is 5.75 Å². The normalized spacial score (nSPS) is 11.0. The molecule has 8 nitrogen and oxygen atoms in total. The number of aryl methyl sites for hydroxylation is 1. The standard InChI is InChI=1S/C28H28F3N3O5/c1-2-3-19-6-12-23(13-7-19)34(27(38)33-22-10-14-24(15-11-22)39-28(29,30)31)18-20-4-8-21(9-5-20)26(37)32-17-16-25(35)36/h4-15H,2-3,16-18H2,1H3,(H,32,37)(H,33,38)(H,35,36). The van der Waals surface area contributed by atoms with Crippen LogP contribution in [0.4, 0.5) is 29.3 Å². The molecule has 0 unspecified atom stereocenters. The zero-order valence-electron chi connectivity index (χ0n) is 21.1. The van der Waals surface area contributed by atoms with E-state index in [0.29, 0.717) is 16.8 Å². The highest BCUT2D eigenvalue weighted by Crippen LogP contribution is 2.25. The maximum atomic E-state index is 13.3. The SMILES string of the molecule is CCCc1ccc(N(Cc2ccc(C(=O)NCCC(=O)O)cc2)C(=O)Nc2ccc(OC(F)(F)F)cc2)cc1. The van der Waals surface area contributed by atoms with E-state index in [1.165, 1.54) is 17.0 Å². The van der Waals surface area contributed by atoms with E-state index in [1.807, 2.05) is 24.3 Å². The number of amides is 3. The largest absolute Gasteiger partial charge is 0.573 e. The molecule has 0 fully saturated rings. The van der Waals surface area contributed by atoms with Gasteiger partial charge in [-0.2, -0.15) is 0 Å². The van der Waals surface area contributed by atoms with E-state index >= 15 is 0 Å². The molecule has 0 radical (unpaired) electrons. The molecule has 0 aliphatic carbocycles. The Morgan fingerprint density at radius 2 is 1.51 bits per heavy atom. The molecule has 206 valence electrons. The van der Waals surface area contributed by atoms with Gasteiger partial charge in [0.05, 0.1) is 13.0 Å². The van der Waals surface area contributed by atoms with Gasteiger partial charge < -0.3 is 20.5 Å². The Morgan fingerprint density at radius 3 is 2.08 bits per heavy atom. The van der Waals surface area contributed by atoms with Crippen molar-refractivity contribution in [1.29, 1.82) is 0 Å². The lowest BCUT2D eigenvalue weighted by molar-refractivity contribution is -0.274. The van der Waals surface area contributed by atoms with Crippen LogP contribution in [-0.4, -0.2) is 35.9 Å². The first-order valence-electron chi connectivity index (χ1n) is 12.2. The molecule has 3 aromatic rings. The van der Waals surface area contributed by atoms with Crippen LogP contribution in [0.2, 0.25) is 0 Å². The number of benzene rings is 3. The lowest BCUT2D eigenvalue weighted by atomic mass is 10.1. The van der Waals surface area contributed by atoms with Gasteiger partial charge >= 0.3 is 18.4 Å². The predicted octanol–water partition coefficient (Wildman–Crippen LogP) is 5.98. The summed E-state index contributed by atoms with van der Waals surface area (Å²) in [5.41, 5.74) is 3.03. The van der Waals surface area contributed by atoms with Gasteiger partial charge in [0.25, 0.3) is 5.91 Å². The molecule has 3 N–H and O–H groups in total. The molecule has 3 amide bonds. The van der Waals surface area contributed by atoms with Gasteiger partial charge in [-0.25, -0.2) is 4.79 Å². The molecule has 0 bridgehead atoms. The van der Waals surface area contributed by atoms with Crippen molar-refractivity contribution in [3.8, 4) is 5.75 Å². The van der Waals surface area contributed by atoms with E-state index in [0.717, 1.165) is 30.5 Å². The van der Waals surface area contributed by atoms with Crippen LogP contribution in [0.5, 0.6) is 5.75 Å². The molecule has 3 rings (SSSR count). The second-order valence-corrected chi connectivity index (χ2v) is 8.60. The molecule has 0 aliphatic heterocycles. The lowest BCUT2D eigenvalue weighted by Crippen LogP contribution is -2.34. The highest BCUT2D eigenvalue weighted by Gasteiger charge is 2.31. The van der Waals surface area contributed by atoms with Gasteiger partial charge in [0, 0.05) is 23.5 Å². The molecule has 0 aromatic heterocycles. The van der Waals surface area contributed by atoms with Gasteiger partial charge in [-0.3, -0.25) is 14.5 Å². The van der Waals surface area contributed by atoms with Crippen molar-refractivity contribution in [2.24, 2.45) is 0 Å². The van der Waals surface area contributed by atoms with E-state index in [-0.39, 0.29) is 25.2 Å². The number of hydrogen-bond acceptors (Lipinski definition) is 4. The highest BCUT2D eigenvalue weighted by molar-refractivity contribution is 6.01. The second-order valence-electron chi connectivity index (χ2n) is 8.60. The number of hydrogen-bond donors (Lipinski definition) is 3. The van der Waals surface area contributed by atoms with Crippen molar-refractivity contribution >= 4 is 29.3 Å². The van der Waals surface area contributed by atoms with Gasteiger partial charge in [-0.1, -0.05) is 37.6 Å². The summed E-state index contributed by atoms with van der Waals surface area (Å²) in [5, 5.41) is 13.9. The molecular weight excluding hydrogens is 515 g/mol. The van der Waals surface area contributed by atoms with Crippen LogP contribution >= 0.6 is 0 Å². The second kappa shape index (κ2) is 13.3. The monoisotopic (exact) mass is 543 g/mol. The minimum absolute atomic E-state index is 0.00119. The zero-order valence-corrected chi connectivity index (χ0v) is 21.1. The van der Waals surface area contributed by atoms with Crippen molar-refractivity contribution in [1.82, 2.24) is 5.32 Å². The molecule has 0 heterocycles. The van der Waals surface area contributed by atoms with Crippen molar-refractivity contribution in [2.75, 3.05) is 16.8 Å². The van der Waals surface area contributed by atoms with Gasteiger partial charge in [-0.05, 0) is 66.1 Å². The molecule has 39 heavy (non-hydrogen) atoms. The van der Waals surface area contributed by atoms with Crippen molar-refractivity contribution in [3.63, 3.8) is 0 Å². The number of urea groups is 1. The molecule has 0 atom stereocenters. The average Bonchev–Trinajstić information content (AvgIpc) is 2.88. The summed E-state index contributed by atoms with van der Waals surface area (Å²) in [6.07, 6.45) is -3.16. The number of carboxylic acid groups (broad SMARTS) is 1. The maximum Gasteiger partial charge on any atom is 0.573 e. The molecule has 3 aromatic carbocycles. The number of halogens is 3. The number of nitrogens with zero attached hydrogens (tertiary/aromatic N) is 1. The van der Waals surface area contributed by atoms with Gasteiger partial charge in [0.2, 0.25) is 0 Å². The summed E-state index contributed by atoms with van der Waals surface area (Å²) >= 11 is 0. The number of ether oxygens (including phenoxy) is 1. The smallest absolute Gasteiger partial charge is 0.481 e. The number of carbonyl (C=O) groups excluding carboxylic acids is 2. The molecule has 0 saturated heterocycles. The first-order chi connectivity index (χ1) is 18.5. The summed E-state index contributed by atoms with van der Waals surface area (Å²) < 4.78 is 41.2. The third-order valence-corrected chi connectivity index (χ3v) is 5.55. The number of carboxylic acids is 1.